The molecule has 138 valence electrons. The van der Waals surface area contributed by atoms with Crippen molar-refractivity contribution in [1.29, 1.82) is 0 Å². The smallest absolute Gasteiger partial charge is 0.0261 e. The summed E-state index contributed by atoms with van der Waals surface area (Å²) < 4.78 is 0. The summed E-state index contributed by atoms with van der Waals surface area (Å²) in [5.41, 5.74) is 1.12. The van der Waals surface area contributed by atoms with Crippen molar-refractivity contribution in [2.45, 2.75) is 113 Å². The zero-order valence-corrected chi connectivity index (χ0v) is 17.7. The fourth-order valence-corrected chi connectivity index (χ4v) is 6.25. The lowest BCUT2D eigenvalue weighted by Crippen LogP contribution is -2.42. The zero-order chi connectivity index (χ0) is 17.7. The summed E-state index contributed by atoms with van der Waals surface area (Å²) in [6, 6.07) is 0. The molecule has 0 aromatic rings. The van der Waals surface area contributed by atoms with Crippen LogP contribution in [-0.2, 0) is 0 Å². The Morgan fingerprint density at radius 2 is 1.35 bits per heavy atom. The van der Waals surface area contributed by atoms with E-state index in [-0.39, 0.29) is 0 Å². The van der Waals surface area contributed by atoms with Gasteiger partial charge in [0.1, 0.15) is 0 Å². The Bertz CT molecular complexity index is 323. The number of hydrogen-bond donors (Lipinski definition) is 0. The molecule has 0 nitrogen and oxygen atoms in total. The van der Waals surface area contributed by atoms with Crippen LogP contribution in [0.1, 0.15) is 113 Å². The third-order valence-electron chi connectivity index (χ3n) is 7.19. The molecule has 1 aliphatic carbocycles. The lowest BCUT2D eigenvalue weighted by Gasteiger charge is -2.50. The minimum Gasteiger partial charge on any atom is -0.0654 e. The molecular weight excluding hydrogens is 276 g/mol. The van der Waals surface area contributed by atoms with E-state index >= 15 is 0 Å². The van der Waals surface area contributed by atoms with Crippen LogP contribution in [0.3, 0.4) is 0 Å². The van der Waals surface area contributed by atoms with Crippen molar-refractivity contribution in [2.75, 3.05) is 0 Å². The topological polar surface area (TPSA) is 0 Å². The second-order valence-corrected chi connectivity index (χ2v) is 9.50. The maximum absolute atomic E-state index is 2.69. The molecule has 1 fully saturated rings. The van der Waals surface area contributed by atoms with Gasteiger partial charge in [-0.05, 0) is 66.6 Å². The Balaban J connectivity index is 3.14. The molecule has 4 unspecified atom stereocenters. The van der Waals surface area contributed by atoms with E-state index in [0.717, 1.165) is 23.7 Å². The van der Waals surface area contributed by atoms with Gasteiger partial charge >= 0.3 is 0 Å². The summed E-state index contributed by atoms with van der Waals surface area (Å²) >= 11 is 0. The Labute approximate surface area is 148 Å². The molecule has 0 radical (unpaired) electrons. The van der Waals surface area contributed by atoms with Crippen LogP contribution in [0.2, 0.25) is 0 Å². The summed E-state index contributed by atoms with van der Waals surface area (Å²) in [5.74, 6) is 3.78. The lowest BCUT2D eigenvalue weighted by atomic mass is 9.55. The third kappa shape index (κ3) is 4.76. The predicted molar refractivity (Wildman–Crippen MR) is 106 cm³/mol. The summed E-state index contributed by atoms with van der Waals surface area (Å²) in [6.45, 7) is 19.8. The molecule has 4 atom stereocenters. The normalized spacial score (nSPS) is 25.4. The van der Waals surface area contributed by atoms with Crippen LogP contribution in [0, 0.1) is 34.5 Å². The van der Waals surface area contributed by atoms with Crippen molar-refractivity contribution in [3.63, 3.8) is 0 Å². The molecule has 1 aliphatic rings. The number of hydrogen-bond acceptors (Lipinski definition) is 0. The van der Waals surface area contributed by atoms with Crippen LogP contribution in [-0.4, -0.2) is 0 Å². The van der Waals surface area contributed by atoms with E-state index < -0.39 is 0 Å². The Hall–Kier alpha value is 0. The Morgan fingerprint density at radius 3 is 1.70 bits per heavy atom. The van der Waals surface area contributed by atoms with Crippen molar-refractivity contribution < 1.29 is 0 Å². The minimum atomic E-state index is 0.549. The van der Waals surface area contributed by atoms with Gasteiger partial charge in [0.25, 0.3) is 0 Å². The van der Waals surface area contributed by atoms with Gasteiger partial charge < -0.3 is 0 Å². The maximum atomic E-state index is 2.69. The number of rotatable bonds is 12. The summed E-state index contributed by atoms with van der Waals surface area (Å²) in [6.07, 6.45) is 12.6. The van der Waals surface area contributed by atoms with E-state index in [4.69, 9.17) is 0 Å². The fraction of sp³-hybridized carbons (Fsp3) is 1.00. The first-order valence-electron chi connectivity index (χ1n) is 10.8. The standard InChI is InChI=1S/C23H46/c1-9-13-21(22(7,14-10-2)15-11-3)23(8,16-12-4)20-17-19(20)18(5)6/h18-21H,9-17H2,1-8H3. The van der Waals surface area contributed by atoms with E-state index in [1.54, 1.807) is 0 Å². The highest BCUT2D eigenvalue weighted by atomic mass is 14.6. The molecule has 0 spiro atoms. The molecular formula is C23H46. The van der Waals surface area contributed by atoms with Crippen LogP contribution in [0.25, 0.3) is 0 Å². The second-order valence-electron chi connectivity index (χ2n) is 9.50. The first-order valence-corrected chi connectivity index (χ1v) is 10.8. The molecule has 0 aromatic carbocycles. The molecule has 0 aromatic heterocycles. The van der Waals surface area contributed by atoms with Gasteiger partial charge in [-0.15, -0.1) is 0 Å². The van der Waals surface area contributed by atoms with Crippen molar-refractivity contribution in [2.24, 2.45) is 34.5 Å². The van der Waals surface area contributed by atoms with E-state index in [1.807, 2.05) is 0 Å². The highest BCUT2D eigenvalue weighted by Crippen LogP contribution is 2.64. The largest absolute Gasteiger partial charge is 0.0654 e. The van der Waals surface area contributed by atoms with Gasteiger partial charge in [0.2, 0.25) is 0 Å². The van der Waals surface area contributed by atoms with Gasteiger partial charge in [0.15, 0.2) is 0 Å². The van der Waals surface area contributed by atoms with Crippen molar-refractivity contribution >= 4 is 0 Å². The summed E-state index contributed by atoms with van der Waals surface area (Å²) in [4.78, 5) is 0. The predicted octanol–water partition coefficient (Wildman–Crippen LogP) is 8.11. The van der Waals surface area contributed by atoms with E-state index in [2.05, 4.69) is 55.4 Å². The van der Waals surface area contributed by atoms with Gasteiger partial charge in [0.05, 0.1) is 0 Å². The molecule has 0 heteroatoms. The molecule has 0 heterocycles. The van der Waals surface area contributed by atoms with Gasteiger partial charge in [-0.3, -0.25) is 0 Å². The first-order chi connectivity index (χ1) is 10.8. The van der Waals surface area contributed by atoms with Gasteiger partial charge in [0, 0.05) is 0 Å². The summed E-state index contributed by atoms with van der Waals surface area (Å²) in [5, 5.41) is 0. The molecule has 1 rings (SSSR count). The molecule has 0 N–H and O–H groups in total. The Morgan fingerprint density at radius 1 is 0.826 bits per heavy atom. The summed E-state index contributed by atoms with van der Waals surface area (Å²) in [7, 11) is 0. The Kier molecular flexibility index (Phi) is 8.15. The van der Waals surface area contributed by atoms with Crippen LogP contribution < -0.4 is 0 Å². The first kappa shape index (κ1) is 21.0. The van der Waals surface area contributed by atoms with Gasteiger partial charge in [-0.1, -0.05) is 81.1 Å². The molecule has 0 aliphatic heterocycles. The van der Waals surface area contributed by atoms with Crippen LogP contribution in [0.15, 0.2) is 0 Å². The van der Waals surface area contributed by atoms with Crippen LogP contribution in [0.4, 0.5) is 0 Å². The molecule has 0 amide bonds. The maximum Gasteiger partial charge on any atom is -0.0261 e. The van der Waals surface area contributed by atoms with E-state index in [9.17, 15) is 0 Å². The van der Waals surface area contributed by atoms with Crippen molar-refractivity contribution in [3.8, 4) is 0 Å². The quantitative estimate of drug-likeness (QED) is 0.340. The van der Waals surface area contributed by atoms with Crippen LogP contribution >= 0.6 is 0 Å². The lowest BCUT2D eigenvalue weighted by molar-refractivity contribution is -0.00614. The highest BCUT2D eigenvalue weighted by Gasteiger charge is 2.56. The molecule has 1 saturated carbocycles. The SMILES string of the molecule is CCCC(C(C)(CCC)CCC)C(C)(CCC)C1CC1C(C)C. The zero-order valence-electron chi connectivity index (χ0n) is 17.7. The average molecular weight is 323 g/mol. The van der Waals surface area contributed by atoms with Gasteiger partial charge in [-0.2, -0.15) is 0 Å². The second kappa shape index (κ2) is 8.91. The third-order valence-corrected chi connectivity index (χ3v) is 7.19. The van der Waals surface area contributed by atoms with Crippen molar-refractivity contribution in [3.05, 3.63) is 0 Å². The van der Waals surface area contributed by atoms with E-state index in [0.29, 0.717) is 10.8 Å². The van der Waals surface area contributed by atoms with E-state index in [1.165, 1.54) is 57.8 Å². The minimum absolute atomic E-state index is 0.549. The van der Waals surface area contributed by atoms with Gasteiger partial charge in [-0.25, -0.2) is 0 Å². The van der Waals surface area contributed by atoms with Crippen LogP contribution in [0.5, 0.6) is 0 Å². The van der Waals surface area contributed by atoms with Crippen molar-refractivity contribution in [1.82, 2.24) is 0 Å². The molecule has 0 saturated heterocycles. The molecule has 23 heavy (non-hydrogen) atoms. The fourth-order valence-electron chi connectivity index (χ4n) is 6.25. The average Bonchev–Trinajstić information content (AvgIpc) is 3.26. The highest BCUT2D eigenvalue weighted by molar-refractivity contribution is 5.05. The monoisotopic (exact) mass is 322 g/mol. The molecule has 0 bridgehead atoms.